The first kappa shape index (κ1) is 18.0. The van der Waals surface area contributed by atoms with Gasteiger partial charge in [-0.05, 0) is 6.42 Å². The minimum absolute atomic E-state index is 0.204. The van der Waals surface area contributed by atoms with Gasteiger partial charge in [0.2, 0.25) is 5.91 Å². The highest BCUT2D eigenvalue weighted by atomic mass is 16.4. The molecule has 102 valence electrons. The van der Waals surface area contributed by atoms with Crippen LogP contribution in [0, 0.1) is 0 Å². The van der Waals surface area contributed by atoms with E-state index in [0.717, 1.165) is 26.3 Å². The van der Waals surface area contributed by atoms with Gasteiger partial charge in [-0.1, -0.05) is 0 Å². The van der Waals surface area contributed by atoms with E-state index in [9.17, 15) is 14.4 Å². The molecule has 1 rings (SSSR count). The molecule has 1 heterocycles. The first-order valence-corrected chi connectivity index (χ1v) is 4.86. The summed E-state index contributed by atoms with van der Waals surface area (Å²) in [6.07, 6.45) is 2.88. The van der Waals surface area contributed by atoms with Crippen LogP contribution in [0.2, 0.25) is 0 Å². The highest BCUT2D eigenvalue weighted by Gasteiger charge is 2.05. The number of nitrogens with one attached hydrogen (secondary N) is 1. The summed E-state index contributed by atoms with van der Waals surface area (Å²) in [5.41, 5.74) is 0. The van der Waals surface area contributed by atoms with Gasteiger partial charge < -0.3 is 20.6 Å². The SMILES string of the molecule is CC(=O)O.O=C(O)/C=C\C(=O)O.O=C1CCCN1. The molecule has 0 bridgehead atoms. The summed E-state index contributed by atoms with van der Waals surface area (Å²) in [4.78, 5) is 38.2. The van der Waals surface area contributed by atoms with Crippen LogP contribution in [0.4, 0.5) is 0 Å². The Hall–Kier alpha value is -2.38. The van der Waals surface area contributed by atoms with Gasteiger partial charge in [0.25, 0.3) is 5.97 Å². The summed E-state index contributed by atoms with van der Waals surface area (Å²) in [5.74, 6) is -3.14. The molecule has 0 aromatic carbocycles. The van der Waals surface area contributed by atoms with E-state index in [2.05, 4.69) is 5.32 Å². The average Bonchev–Trinajstić information content (AvgIpc) is 2.66. The van der Waals surface area contributed by atoms with Crippen molar-refractivity contribution in [1.82, 2.24) is 5.32 Å². The third kappa shape index (κ3) is 23.4. The molecule has 4 N–H and O–H groups in total. The number of amides is 1. The molecule has 1 aliphatic heterocycles. The van der Waals surface area contributed by atoms with Crippen molar-refractivity contribution in [2.45, 2.75) is 19.8 Å². The average molecular weight is 261 g/mol. The van der Waals surface area contributed by atoms with Crippen molar-refractivity contribution in [3.8, 4) is 0 Å². The van der Waals surface area contributed by atoms with E-state index in [1.807, 2.05) is 0 Å². The second-order valence-electron chi connectivity index (χ2n) is 2.98. The van der Waals surface area contributed by atoms with E-state index in [1.54, 1.807) is 0 Å². The highest BCUT2D eigenvalue weighted by Crippen LogP contribution is 1.93. The molecule has 0 radical (unpaired) electrons. The van der Waals surface area contributed by atoms with E-state index in [4.69, 9.17) is 20.1 Å². The first-order chi connectivity index (χ1) is 8.25. The van der Waals surface area contributed by atoms with Crippen molar-refractivity contribution in [2.75, 3.05) is 6.54 Å². The molecule has 0 aromatic rings. The Morgan fingerprint density at radius 2 is 1.50 bits per heavy atom. The molecular weight excluding hydrogens is 246 g/mol. The van der Waals surface area contributed by atoms with Gasteiger partial charge in [0, 0.05) is 32.0 Å². The Kier molecular flexibility index (Phi) is 11.1. The Labute approximate surface area is 103 Å². The third-order valence-electron chi connectivity index (χ3n) is 1.27. The molecule has 0 spiro atoms. The van der Waals surface area contributed by atoms with Crippen LogP contribution in [0.1, 0.15) is 19.8 Å². The van der Waals surface area contributed by atoms with Crippen molar-refractivity contribution in [1.29, 1.82) is 0 Å². The maximum Gasteiger partial charge on any atom is 0.328 e. The lowest BCUT2D eigenvalue weighted by molar-refractivity contribution is -0.134. The predicted octanol–water partition coefficient (Wildman–Crippen LogP) is -0.301. The molecule has 0 atom stereocenters. The van der Waals surface area contributed by atoms with E-state index >= 15 is 0 Å². The topological polar surface area (TPSA) is 141 Å². The number of carboxylic acids is 3. The van der Waals surface area contributed by atoms with Gasteiger partial charge in [-0.15, -0.1) is 0 Å². The summed E-state index contributed by atoms with van der Waals surface area (Å²) < 4.78 is 0. The molecule has 8 heteroatoms. The van der Waals surface area contributed by atoms with Crippen molar-refractivity contribution in [3.63, 3.8) is 0 Å². The zero-order valence-corrected chi connectivity index (χ0v) is 9.75. The van der Waals surface area contributed by atoms with Crippen LogP contribution in [-0.4, -0.2) is 45.7 Å². The van der Waals surface area contributed by atoms with Crippen molar-refractivity contribution < 1.29 is 34.5 Å². The minimum atomic E-state index is -1.26. The molecular formula is C10H15NO7. The molecule has 0 aliphatic carbocycles. The Morgan fingerprint density at radius 3 is 1.61 bits per heavy atom. The summed E-state index contributed by atoms with van der Waals surface area (Å²) >= 11 is 0. The fraction of sp³-hybridized carbons (Fsp3) is 0.400. The minimum Gasteiger partial charge on any atom is -0.481 e. The molecule has 1 aliphatic rings. The molecule has 1 amide bonds. The van der Waals surface area contributed by atoms with Gasteiger partial charge in [-0.25, -0.2) is 9.59 Å². The summed E-state index contributed by atoms with van der Waals surface area (Å²) in [5, 5.41) is 25.7. The van der Waals surface area contributed by atoms with Crippen LogP contribution in [0.3, 0.4) is 0 Å². The molecule has 1 fully saturated rings. The number of aliphatic carboxylic acids is 3. The molecule has 0 unspecified atom stereocenters. The Balaban J connectivity index is 0. The summed E-state index contributed by atoms with van der Waals surface area (Å²) in [7, 11) is 0. The number of carboxylic acid groups (broad SMARTS) is 3. The van der Waals surface area contributed by atoms with Crippen molar-refractivity contribution in [2.24, 2.45) is 0 Å². The Bertz CT molecular complexity index is 307. The maximum atomic E-state index is 10.1. The van der Waals surface area contributed by atoms with Gasteiger partial charge >= 0.3 is 11.9 Å². The lowest BCUT2D eigenvalue weighted by atomic mass is 10.4. The van der Waals surface area contributed by atoms with E-state index in [-0.39, 0.29) is 5.91 Å². The summed E-state index contributed by atoms with van der Waals surface area (Å²) in [6, 6.07) is 0. The smallest absolute Gasteiger partial charge is 0.328 e. The number of hydrogen-bond donors (Lipinski definition) is 4. The van der Waals surface area contributed by atoms with Crippen LogP contribution in [0.15, 0.2) is 12.2 Å². The van der Waals surface area contributed by atoms with Crippen LogP contribution < -0.4 is 5.32 Å². The standard InChI is InChI=1S/C4H7NO.C4H4O4.C2H4O2/c6-4-2-1-3-5-4;5-3(6)1-2-4(7)8;1-2(3)4/h1-3H2,(H,5,6);1-2H,(H,5,6)(H,7,8);1H3,(H,3,4)/b;2-1-;. The van der Waals surface area contributed by atoms with Crippen molar-refractivity contribution >= 4 is 23.8 Å². The number of rotatable bonds is 2. The zero-order valence-electron chi connectivity index (χ0n) is 9.75. The number of carbonyl (C=O) groups excluding carboxylic acids is 1. The van der Waals surface area contributed by atoms with Gasteiger partial charge in [-0.3, -0.25) is 9.59 Å². The maximum absolute atomic E-state index is 10.1. The Morgan fingerprint density at radius 1 is 1.11 bits per heavy atom. The van der Waals surface area contributed by atoms with Crippen LogP contribution >= 0.6 is 0 Å². The highest BCUT2D eigenvalue weighted by molar-refractivity contribution is 5.89. The second kappa shape index (κ2) is 11.1. The lowest BCUT2D eigenvalue weighted by Gasteiger charge is -1.80. The van der Waals surface area contributed by atoms with E-state index in [1.165, 1.54) is 0 Å². The second-order valence-corrected chi connectivity index (χ2v) is 2.98. The van der Waals surface area contributed by atoms with Crippen LogP contribution in [-0.2, 0) is 19.2 Å². The fourth-order valence-corrected chi connectivity index (χ4v) is 0.708. The largest absolute Gasteiger partial charge is 0.481 e. The van der Waals surface area contributed by atoms with Crippen LogP contribution in [0.5, 0.6) is 0 Å². The first-order valence-electron chi connectivity index (χ1n) is 4.86. The van der Waals surface area contributed by atoms with E-state index < -0.39 is 17.9 Å². The molecule has 1 saturated heterocycles. The molecule has 8 nitrogen and oxygen atoms in total. The summed E-state index contributed by atoms with van der Waals surface area (Å²) in [6.45, 7) is 1.97. The van der Waals surface area contributed by atoms with Gasteiger partial charge in [-0.2, -0.15) is 0 Å². The van der Waals surface area contributed by atoms with Crippen molar-refractivity contribution in [3.05, 3.63) is 12.2 Å². The van der Waals surface area contributed by atoms with Crippen LogP contribution in [0.25, 0.3) is 0 Å². The zero-order chi connectivity index (χ0) is 14.6. The van der Waals surface area contributed by atoms with Gasteiger partial charge in [0.1, 0.15) is 0 Å². The van der Waals surface area contributed by atoms with E-state index in [0.29, 0.717) is 12.2 Å². The quantitative estimate of drug-likeness (QED) is 0.500. The molecule has 18 heavy (non-hydrogen) atoms. The lowest BCUT2D eigenvalue weighted by Crippen LogP contribution is -2.12. The molecule has 0 aromatic heterocycles. The number of hydrogen-bond acceptors (Lipinski definition) is 4. The molecule has 0 saturated carbocycles. The van der Waals surface area contributed by atoms with Gasteiger partial charge in [0.15, 0.2) is 0 Å². The number of carbonyl (C=O) groups is 4. The fourth-order valence-electron chi connectivity index (χ4n) is 0.708. The monoisotopic (exact) mass is 261 g/mol. The normalized spacial score (nSPS) is 12.6. The third-order valence-corrected chi connectivity index (χ3v) is 1.27. The predicted molar refractivity (Wildman–Crippen MR) is 60.0 cm³/mol. The van der Waals surface area contributed by atoms with Gasteiger partial charge in [0.05, 0.1) is 0 Å².